The molecular formula is C16H19N3. The van der Waals surface area contributed by atoms with Gasteiger partial charge >= 0.3 is 0 Å². The van der Waals surface area contributed by atoms with Crippen LogP contribution in [0, 0.1) is 11.3 Å². The van der Waals surface area contributed by atoms with Gasteiger partial charge in [0.1, 0.15) is 5.82 Å². The van der Waals surface area contributed by atoms with Gasteiger partial charge < -0.3 is 4.57 Å². The van der Waals surface area contributed by atoms with Gasteiger partial charge in [-0.05, 0) is 31.4 Å². The predicted octanol–water partition coefficient (Wildman–Crippen LogP) is 3.85. The summed E-state index contributed by atoms with van der Waals surface area (Å²) in [6.45, 7) is 4.68. The Morgan fingerprint density at radius 2 is 2.11 bits per heavy atom. The maximum atomic E-state index is 8.90. The van der Waals surface area contributed by atoms with Gasteiger partial charge in [0.25, 0.3) is 0 Å². The Hall–Kier alpha value is -2.08. The number of rotatable bonds is 7. The average Bonchev–Trinajstić information content (AvgIpc) is 2.77. The first-order chi connectivity index (χ1) is 9.36. The average molecular weight is 253 g/mol. The minimum Gasteiger partial charge on any atom is -0.327 e. The third-order valence-electron chi connectivity index (χ3n) is 3.26. The van der Waals surface area contributed by atoms with E-state index in [1.165, 1.54) is 12.8 Å². The molecular weight excluding hydrogens is 234 g/mol. The topological polar surface area (TPSA) is 41.6 Å². The van der Waals surface area contributed by atoms with E-state index in [1.54, 1.807) is 0 Å². The van der Waals surface area contributed by atoms with Crippen LogP contribution in [0.1, 0.15) is 31.5 Å². The number of para-hydroxylation sites is 2. The van der Waals surface area contributed by atoms with E-state index in [1.807, 2.05) is 24.3 Å². The smallest absolute Gasteiger partial charge is 0.124 e. The summed E-state index contributed by atoms with van der Waals surface area (Å²) in [4.78, 5) is 4.54. The largest absolute Gasteiger partial charge is 0.327 e. The number of aryl methyl sites for hydroxylation is 1. The Morgan fingerprint density at radius 1 is 1.26 bits per heavy atom. The molecule has 1 heterocycles. The first kappa shape index (κ1) is 13.4. The Labute approximate surface area is 114 Å². The molecule has 2 aromatic rings. The molecule has 0 saturated heterocycles. The number of nitriles is 1. The lowest BCUT2D eigenvalue weighted by molar-refractivity contribution is 0.587. The van der Waals surface area contributed by atoms with Crippen LogP contribution < -0.4 is 0 Å². The van der Waals surface area contributed by atoms with Crippen molar-refractivity contribution in [2.24, 2.45) is 0 Å². The van der Waals surface area contributed by atoms with Crippen LogP contribution in [0.15, 0.2) is 36.9 Å². The number of benzene rings is 1. The van der Waals surface area contributed by atoms with Gasteiger partial charge in [0.15, 0.2) is 0 Å². The van der Waals surface area contributed by atoms with Crippen LogP contribution in [0.4, 0.5) is 0 Å². The van der Waals surface area contributed by atoms with Gasteiger partial charge in [-0.2, -0.15) is 5.26 Å². The Morgan fingerprint density at radius 3 is 2.89 bits per heavy atom. The molecule has 1 aromatic carbocycles. The molecule has 0 N–H and O–H groups in total. The molecule has 98 valence electrons. The lowest BCUT2D eigenvalue weighted by Gasteiger charge is -2.07. The van der Waals surface area contributed by atoms with Crippen LogP contribution in [0.3, 0.4) is 0 Å². The number of aromatic nitrogens is 2. The molecule has 0 bridgehead atoms. The van der Waals surface area contributed by atoms with Crippen LogP contribution in [-0.4, -0.2) is 9.55 Å². The summed E-state index contributed by atoms with van der Waals surface area (Å²) in [5.41, 5.74) is 2.12. The van der Waals surface area contributed by atoms with Gasteiger partial charge in [0.05, 0.1) is 23.5 Å². The summed E-state index contributed by atoms with van der Waals surface area (Å²) in [5.74, 6) is 0.882. The number of nitrogens with zero attached hydrogens (tertiary/aromatic N) is 3. The minimum absolute atomic E-state index is 0.376. The molecule has 0 fully saturated rings. The highest BCUT2D eigenvalue weighted by atomic mass is 15.1. The van der Waals surface area contributed by atoms with Crippen LogP contribution in [-0.2, 0) is 13.0 Å². The number of hydrogen-bond acceptors (Lipinski definition) is 2. The first-order valence-corrected chi connectivity index (χ1v) is 6.79. The molecule has 0 aliphatic heterocycles. The first-order valence-electron chi connectivity index (χ1n) is 6.79. The van der Waals surface area contributed by atoms with Gasteiger partial charge in [0.2, 0.25) is 0 Å². The number of fused-ring (bicyclic) bond motifs is 1. The van der Waals surface area contributed by atoms with E-state index < -0.39 is 0 Å². The molecule has 1 aromatic heterocycles. The molecule has 0 unspecified atom stereocenters. The predicted molar refractivity (Wildman–Crippen MR) is 77.7 cm³/mol. The van der Waals surface area contributed by atoms with Gasteiger partial charge in [0, 0.05) is 6.54 Å². The summed E-state index contributed by atoms with van der Waals surface area (Å²) in [6, 6.07) is 10.3. The van der Waals surface area contributed by atoms with Crippen molar-refractivity contribution in [2.75, 3.05) is 0 Å². The minimum atomic E-state index is 0.376. The maximum Gasteiger partial charge on any atom is 0.124 e. The van der Waals surface area contributed by atoms with E-state index in [-0.39, 0.29) is 0 Å². The Balaban J connectivity index is 2.12. The molecule has 2 rings (SSSR count). The van der Waals surface area contributed by atoms with Crippen molar-refractivity contribution in [3.05, 3.63) is 42.7 Å². The second-order valence-electron chi connectivity index (χ2n) is 4.64. The highest BCUT2D eigenvalue weighted by Crippen LogP contribution is 2.17. The van der Waals surface area contributed by atoms with Crippen molar-refractivity contribution in [3.63, 3.8) is 0 Å². The van der Waals surface area contributed by atoms with Crippen molar-refractivity contribution in [2.45, 2.75) is 38.6 Å². The summed E-state index contributed by atoms with van der Waals surface area (Å²) < 4.78 is 2.19. The lowest BCUT2D eigenvalue weighted by Crippen LogP contribution is -2.03. The summed E-state index contributed by atoms with van der Waals surface area (Å²) in [6.07, 6.45) is 6.91. The fraction of sp³-hybridized carbons (Fsp3) is 0.375. The zero-order valence-electron chi connectivity index (χ0n) is 11.2. The van der Waals surface area contributed by atoms with Gasteiger partial charge in [-0.15, -0.1) is 6.58 Å². The van der Waals surface area contributed by atoms with Gasteiger partial charge in [-0.3, -0.25) is 0 Å². The van der Waals surface area contributed by atoms with Crippen molar-refractivity contribution in [1.82, 2.24) is 9.55 Å². The molecule has 0 aliphatic rings. The number of imidazole rings is 1. The quantitative estimate of drug-likeness (QED) is 0.555. The van der Waals surface area contributed by atoms with E-state index in [0.29, 0.717) is 6.42 Å². The lowest BCUT2D eigenvalue weighted by atomic mass is 10.2. The monoisotopic (exact) mass is 253 g/mol. The van der Waals surface area contributed by atoms with E-state index in [2.05, 4.69) is 28.3 Å². The maximum absolute atomic E-state index is 8.90. The molecule has 3 heteroatoms. The summed E-state index contributed by atoms with van der Waals surface area (Å²) in [5, 5.41) is 8.90. The van der Waals surface area contributed by atoms with Crippen molar-refractivity contribution in [1.29, 1.82) is 5.26 Å². The Kier molecular flexibility index (Phi) is 4.74. The zero-order valence-corrected chi connectivity index (χ0v) is 11.2. The third-order valence-corrected chi connectivity index (χ3v) is 3.26. The van der Waals surface area contributed by atoms with E-state index in [0.717, 1.165) is 36.2 Å². The van der Waals surface area contributed by atoms with Gasteiger partial charge in [-0.25, -0.2) is 4.98 Å². The standard InChI is InChI=1S/C16H19N3/c1-2-3-4-5-8-13-19-15-10-7-6-9-14(15)18-16(19)11-12-17/h2,6-7,9-10H,1,3-5,8,11,13H2. The van der Waals surface area contributed by atoms with Crippen molar-refractivity contribution < 1.29 is 0 Å². The fourth-order valence-corrected chi connectivity index (χ4v) is 2.32. The Bertz CT molecular complexity index is 590. The van der Waals surface area contributed by atoms with Crippen molar-refractivity contribution >= 4 is 11.0 Å². The molecule has 0 saturated carbocycles. The van der Waals surface area contributed by atoms with Crippen LogP contribution >= 0.6 is 0 Å². The number of allylic oxidation sites excluding steroid dienone is 1. The van der Waals surface area contributed by atoms with E-state index in [4.69, 9.17) is 5.26 Å². The second-order valence-corrected chi connectivity index (χ2v) is 4.64. The highest BCUT2D eigenvalue weighted by Gasteiger charge is 2.09. The van der Waals surface area contributed by atoms with Crippen molar-refractivity contribution in [3.8, 4) is 6.07 Å². The third kappa shape index (κ3) is 3.23. The van der Waals surface area contributed by atoms with Crippen LogP contribution in [0.5, 0.6) is 0 Å². The van der Waals surface area contributed by atoms with Crippen LogP contribution in [0.2, 0.25) is 0 Å². The molecule has 0 radical (unpaired) electrons. The van der Waals surface area contributed by atoms with Crippen LogP contribution in [0.25, 0.3) is 11.0 Å². The molecule has 0 spiro atoms. The summed E-state index contributed by atoms with van der Waals surface area (Å²) in [7, 11) is 0. The van der Waals surface area contributed by atoms with E-state index in [9.17, 15) is 0 Å². The van der Waals surface area contributed by atoms with Gasteiger partial charge in [-0.1, -0.05) is 24.6 Å². The molecule has 3 nitrogen and oxygen atoms in total. The number of unbranched alkanes of at least 4 members (excludes halogenated alkanes) is 3. The summed E-state index contributed by atoms with van der Waals surface area (Å²) >= 11 is 0. The fourth-order valence-electron chi connectivity index (χ4n) is 2.32. The van der Waals surface area contributed by atoms with E-state index >= 15 is 0 Å². The molecule has 0 amide bonds. The molecule has 19 heavy (non-hydrogen) atoms. The molecule has 0 atom stereocenters. The molecule has 0 aliphatic carbocycles. The zero-order chi connectivity index (χ0) is 13.5. The second kappa shape index (κ2) is 6.75. The SMILES string of the molecule is C=CCCCCCn1c(CC#N)nc2ccccc21. The highest BCUT2D eigenvalue weighted by molar-refractivity contribution is 5.75. The normalized spacial score (nSPS) is 10.5. The number of hydrogen-bond donors (Lipinski definition) is 0.